The van der Waals surface area contributed by atoms with Gasteiger partial charge in [0.2, 0.25) is 5.88 Å². The van der Waals surface area contributed by atoms with Gasteiger partial charge in [-0.15, -0.1) is 0 Å². The molecule has 1 aromatic carbocycles. The van der Waals surface area contributed by atoms with Crippen molar-refractivity contribution in [3.63, 3.8) is 0 Å². The quantitative estimate of drug-likeness (QED) is 0.466. The number of fused-ring (bicyclic) bond motifs is 1. The maximum Gasteiger partial charge on any atom is 0.319 e. The monoisotopic (exact) mass is 503 g/mol. The first-order chi connectivity index (χ1) is 18.1. The molecule has 1 saturated heterocycles. The van der Waals surface area contributed by atoms with Crippen LogP contribution in [0.25, 0.3) is 17.3 Å². The molecule has 1 radical (unpaired) electrons. The van der Waals surface area contributed by atoms with E-state index in [1.54, 1.807) is 18.3 Å². The van der Waals surface area contributed by atoms with Crippen molar-refractivity contribution < 1.29 is 23.7 Å². The number of amides is 1. The lowest BCUT2D eigenvalue weighted by Crippen LogP contribution is -2.38. The second-order valence-corrected chi connectivity index (χ2v) is 8.30. The van der Waals surface area contributed by atoms with Crippen LogP contribution in [0.1, 0.15) is 15.9 Å². The fraction of sp³-hybridized carbons (Fsp3) is 0.308. The van der Waals surface area contributed by atoms with Gasteiger partial charge in [0.15, 0.2) is 0 Å². The number of hydrogen-bond donors (Lipinski definition) is 1. The highest BCUT2D eigenvalue weighted by molar-refractivity contribution is 6.05. The molecule has 0 spiro atoms. The summed E-state index contributed by atoms with van der Waals surface area (Å²) in [6.07, 6.45) is 4.81. The maximum absolute atomic E-state index is 12.7. The Balaban J connectivity index is 1.37. The molecule has 0 bridgehead atoms. The van der Waals surface area contributed by atoms with Gasteiger partial charge in [-0.1, -0.05) is 0 Å². The number of pyridine rings is 1. The molecule has 0 unspecified atom stereocenters. The van der Waals surface area contributed by atoms with Gasteiger partial charge in [-0.3, -0.25) is 9.69 Å². The van der Waals surface area contributed by atoms with Crippen LogP contribution in [0.2, 0.25) is 0 Å². The fourth-order valence-corrected chi connectivity index (χ4v) is 4.07. The number of anilines is 2. The van der Waals surface area contributed by atoms with E-state index < -0.39 is 0 Å². The van der Waals surface area contributed by atoms with Crippen molar-refractivity contribution in [2.45, 2.75) is 0 Å². The van der Waals surface area contributed by atoms with Crippen molar-refractivity contribution >= 4 is 23.5 Å². The molecule has 11 nitrogen and oxygen atoms in total. The number of methoxy groups -OCH3 is 2. The smallest absolute Gasteiger partial charge is 0.319 e. The summed E-state index contributed by atoms with van der Waals surface area (Å²) in [6, 6.07) is 9.47. The third-order valence-electron chi connectivity index (χ3n) is 5.99. The zero-order valence-electron chi connectivity index (χ0n) is 20.6. The lowest BCUT2D eigenvalue weighted by Gasteiger charge is -2.26. The summed E-state index contributed by atoms with van der Waals surface area (Å²) in [5, 5.41) is 7.18. The van der Waals surface area contributed by atoms with Crippen LogP contribution in [0.5, 0.6) is 17.6 Å². The van der Waals surface area contributed by atoms with Crippen LogP contribution in [0.4, 0.5) is 11.5 Å². The number of ether oxygens (including phenoxy) is 4. The minimum absolute atomic E-state index is 0.179. The second kappa shape index (κ2) is 11.2. The summed E-state index contributed by atoms with van der Waals surface area (Å²) in [6.45, 7) is 4.84. The Kier molecular flexibility index (Phi) is 7.43. The zero-order chi connectivity index (χ0) is 25.6. The Morgan fingerprint density at radius 2 is 1.89 bits per heavy atom. The number of morpholine rings is 1. The van der Waals surface area contributed by atoms with Crippen LogP contribution in [-0.2, 0) is 4.74 Å². The number of rotatable bonds is 9. The van der Waals surface area contributed by atoms with Crippen molar-refractivity contribution in [3.05, 3.63) is 53.9 Å². The molecule has 191 valence electrons. The van der Waals surface area contributed by atoms with Crippen molar-refractivity contribution in [3.8, 4) is 28.9 Å². The van der Waals surface area contributed by atoms with Crippen LogP contribution in [0, 0.1) is 0 Å². The summed E-state index contributed by atoms with van der Waals surface area (Å²) < 4.78 is 21.8. The topological polar surface area (TPSA) is 122 Å². The van der Waals surface area contributed by atoms with Crippen molar-refractivity contribution in [2.75, 3.05) is 59.0 Å². The molecule has 3 aromatic rings. The number of hydrogen-bond acceptors (Lipinski definition) is 10. The van der Waals surface area contributed by atoms with E-state index in [4.69, 9.17) is 23.9 Å². The average molecular weight is 504 g/mol. The van der Waals surface area contributed by atoms with Crippen molar-refractivity contribution in [1.82, 2.24) is 25.2 Å². The predicted octanol–water partition coefficient (Wildman–Crippen LogP) is 2.74. The predicted molar refractivity (Wildman–Crippen MR) is 136 cm³/mol. The first-order valence-electron chi connectivity index (χ1n) is 11.9. The minimum Gasteiger partial charge on any atom is -0.492 e. The van der Waals surface area contributed by atoms with Crippen molar-refractivity contribution in [1.29, 1.82) is 0 Å². The van der Waals surface area contributed by atoms with Gasteiger partial charge in [0, 0.05) is 37.7 Å². The van der Waals surface area contributed by atoms with Crippen LogP contribution >= 0.6 is 0 Å². The molecule has 1 amide bonds. The highest BCUT2D eigenvalue weighted by Gasteiger charge is 2.24. The summed E-state index contributed by atoms with van der Waals surface area (Å²) in [7, 11) is 2.99. The number of carbonyl (C=O) groups is 1. The molecular formula is C26H27N6O5. The van der Waals surface area contributed by atoms with E-state index in [2.05, 4.69) is 25.5 Å². The first kappa shape index (κ1) is 24.5. The Labute approximate surface area is 214 Å². The maximum atomic E-state index is 12.7. The normalized spacial score (nSPS) is 15.0. The average Bonchev–Trinajstić information content (AvgIpc) is 2.94. The summed E-state index contributed by atoms with van der Waals surface area (Å²) in [4.78, 5) is 28.1. The first-order valence-corrected chi connectivity index (χ1v) is 11.9. The van der Waals surface area contributed by atoms with Crippen LogP contribution in [0.3, 0.4) is 0 Å². The van der Waals surface area contributed by atoms with Gasteiger partial charge < -0.3 is 24.3 Å². The third-order valence-corrected chi connectivity index (χ3v) is 5.99. The van der Waals surface area contributed by atoms with E-state index in [1.807, 2.05) is 24.3 Å². The Morgan fingerprint density at radius 1 is 1.08 bits per heavy atom. The molecular weight excluding hydrogens is 476 g/mol. The minimum atomic E-state index is -0.375. The molecule has 1 N–H and O–H groups in total. The van der Waals surface area contributed by atoms with Gasteiger partial charge in [-0.05, 0) is 42.0 Å². The number of nitrogens with zero attached hydrogens (tertiary/aromatic N) is 5. The Bertz CT molecular complexity index is 1290. The fourth-order valence-electron chi connectivity index (χ4n) is 4.07. The number of carbonyl (C=O) groups excluding carboxylic acids is 1. The largest absolute Gasteiger partial charge is 0.492 e. The molecule has 37 heavy (non-hydrogen) atoms. The van der Waals surface area contributed by atoms with Gasteiger partial charge in [0.1, 0.15) is 18.2 Å². The van der Waals surface area contributed by atoms with Gasteiger partial charge in [0.25, 0.3) is 5.91 Å². The van der Waals surface area contributed by atoms with E-state index in [-0.39, 0.29) is 11.9 Å². The standard InChI is InChI=1S/C26H27N6O5/c1-34-25-20(16-28-26(31-25)35-2)21-15-17-7-8-27-24(33)22(17)23(30-21)29-18-3-5-19(6-4-18)37-14-11-32-9-12-36-13-10-32/h3-8,15-16H,9-14H2,1-2H3,(H,29,30). The van der Waals surface area contributed by atoms with E-state index in [9.17, 15) is 4.79 Å². The van der Waals surface area contributed by atoms with Gasteiger partial charge in [-0.25, -0.2) is 15.3 Å². The molecule has 4 heterocycles. The number of benzene rings is 1. The number of aromatic nitrogens is 3. The molecule has 1 fully saturated rings. The van der Waals surface area contributed by atoms with Gasteiger partial charge in [-0.2, -0.15) is 4.98 Å². The Hall–Kier alpha value is -4.22. The summed E-state index contributed by atoms with van der Waals surface area (Å²) >= 11 is 0. The molecule has 0 atom stereocenters. The highest BCUT2D eigenvalue weighted by Crippen LogP contribution is 2.34. The van der Waals surface area contributed by atoms with E-state index in [0.29, 0.717) is 40.7 Å². The SMILES string of the molecule is COc1ncc(-c2cc3c(c(Nc4ccc(OCCN5CCOCC5)cc4)n2)C(=O)[N]C=C3)c(OC)n1. The van der Waals surface area contributed by atoms with Gasteiger partial charge >= 0.3 is 6.01 Å². The molecule has 2 aromatic heterocycles. The lowest BCUT2D eigenvalue weighted by molar-refractivity contribution is 0.0322. The molecule has 0 aliphatic carbocycles. The van der Waals surface area contributed by atoms with Gasteiger partial charge in [0.05, 0.1) is 44.3 Å². The number of nitrogens with one attached hydrogen (secondary N) is 1. The zero-order valence-corrected chi connectivity index (χ0v) is 20.6. The highest BCUT2D eigenvalue weighted by atomic mass is 16.5. The lowest BCUT2D eigenvalue weighted by atomic mass is 10.0. The molecule has 0 saturated carbocycles. The molecule has 2 aliphatic rings. The Morgan fingerprint density at radius 3 is 2.65 bits per heavy atom. The van der Waals surface area contributed by atoms with Crippen LogP contribution in [0.15, 0.2) is 42.7 Å². The molecule has 11 heteroatoms. The summed E-state index contributed by atoms with van der Waals surface area (Å²) in [5.41, 5.74) is 2.89. The van der Waals surface area contributed by atoms with E-state index in [1.165, 1.54) is 20.4 Å². The van der Waals surface area contributed by atoms with Crippen LogP contribution < -0.4 is 24.8 Å². The molecule has 2 aliphatic heterocycles. The third kappa shape index (κ3) is 5.63. The van der Waals surface area contributed by atoms with E-state index in [0.717, 1.165) is 44.3 Å². The van der Waals surface area contributed by atoms with Crippen LogP contribution in [-0.4, -0.2) is 79.4 Å². The summed E-state index contributed by atoms with van der Waals surface area (Å²) in [5.74, 6) is 1.06. The van der Waals surface area contributed by atoms with Crippen molar-refractivity contribution in [2.24, 2.45) is 0 Å². The second-order valence-electron chi connectivity index (χ2n) is 8.30. The molecule has 5 rings (SSSR count). The van der Waals surface area contributed by atoms with E-state index >= 15 is 0 Å².